The number of ether oxygens (including phenoxy) is 1. The molecule has 14 heavy (non-hydrogen) atoms. The Morgan fingerprint density at radius 1 is 1.36 bits per heavy atom. The lowest BCUT2D eigenvalue weighted by molar-refractivity contribution is -0.148. The molecular formula is C10H19NO3. The van der Waals surface area contributed by atoms with E-state index in [4.69, 9.17) is 4.74 Å². The standard InChI is InChI=1S/C10H19NO3/c1-5-8(12)7(3)9(11-4)10(13)14-6-2/h7,9,11H,5-6H2,1-4H3/t7-,9+/m1/s1. The van der Waals surface area contributed by atoms with E-state index in [1.54, 1.807) is 27.8 Å². The van der Waals surface area contributed by atoms with E-state index in [0.29, 0.717) is 13.0 Å². The fourth-order valence-corrected chi connectivity index (χ4v) is 1.31. The van der Waals surface area contributed by atoms with Gasteiger partial charge in [0.25, 0.3) is 0 Å². The minimum atomic E-state index is -0.526. The molecule has 2 atom stereocenters. The van der Waals surface area contributed by atoms with Crippen LogP contribution in [0.2, 0.25) is 0 Å². The summed E-state index contributed by atoms with van der Waals surface area (Å²) in [5, 5.41) is 2.81. The van der Waals surface area contributed by atoms with Crippen molar-refractivity contribution in [2.24, 2.45) is 5.92 Å². The Kier molecular flexibility index (Phi) is 6.12. The molecule has 4 heteroatoms. The van der Waals surface area contributed by atoms with E-state index < -0.39 is 6.04 Å². The summed E-state index contributed by atoms with van der Waals surface area (Å²) in [4.78, 5) is 22.8. The maximum absolute atomic E-state index is 11.4. The molecule has 1 N–H and O–H groups in total. The average Bonchev–Trinajstić information content (AvgIpc) is 2.18. The molecule has 0 aromatic rings. The van der Waals surface area contributed by atoms with Crippen LogP contribution >= 0.6 is 0 Å². The molecule has 0 bridgehead atoms. The van der Waals surface area contributed by atoms with Crippen molar-refractivity contribution >= 4 is 11.8 Å². The van der Waals surface area contributed by atoms with E-state index in [1.165, 1.54) is 0 Å². The van der Waals surface area contributed by atoms with Gasteiger partial charge in [0.05, 0.1) is 6.61 Å². The highest BCUT2D eigenvalue weighted by Crippen LogP contribution is 2.08. The maximum atomic E-state index is 11.4. The molecule has 4 nitrogen and oxygen atoms in total. The highest BCUT2D eigenvalue weighted by molar-refractivity contribution is 5.88. The number of ketones is 1. The monoisotopic (exact) mass is 201 g/mol. The van der Waals surface area contributed by atoms with Crippen LogP contribution in [0.3, 0.4) is 0 Å². The van der Waals surface area contributed by atoms with Crippen LogP contribution in [-0.4, -0.2) is 31.4 Å². The summed E-state index contributed by atoms with van der Waals surface area (Å²) >= 11 is 0. The van der Waals surface area contributed by atoms with Gasteiger partial charge in [0.2, 0.25) is 0 Å². The van der Waals surface area contributed by atoms with Crippen LogP contribution in [0.15, 0.2) is 0 Å². The van der Waals surface area contributed by atoms with Crippen molar-refractivity contribution in [2.45, 2.75) is 33.2 Å². The second kappa shape index (κ2) is 6.54. The van der Waals surface area contributed by atoms with Gasteiger partial charge in [0, 0.05) is 12.3 Å². The van der Waals surface area contributed by atoms with Gasteiger partial charge in [-0.3, -0.25) is 9.59 Å². The SMILES string of the molecule is CCOC(=O)[C@@H](NC)[C@H](C)C(=O)CC. The number of esters is 1. The number of rotatable bonds is 6. The van der Waals surface area contributed by atoms with E-state index >= 15 is 0 Å². The minimum Gasteiger partial charge on any atom is -0.465 e. The molecule has 0 radical (unpaired) electrons. The molecule has 0 saturated carbocycles. The van der Waals surface area contributed by atoms with Crippen molar-refractivity contribution in [3.63, 3.8) is 0 Å². The summed E-state index contributed by atoms with van der Waals surface area (Å²) in [6.07, 6.45) is 0.443. The second-order valence-corrected chi connectivity index (χ2v) is 3.13. The third-order valence-electron chi connectivity index (χ3n) is 2.21. The van der Waals surface area contributed by atoms with E-state index in [1.807, 2.05) is 0 Å². The van der Waals surface area contributed by atoms with Gasteiger partial charge in [-0.15, -0.1) is 0 Å². The summed E-state index contributed by atoms with van der Waals surface area (Å²) in [5.74, 6) is -0.620. The van der Waals surface area contributed by atoms with Crippen molar-refractivity contribution < 1.29 is 14.3 Å². The predicted octanol–water partition coefficient (Wildman–Crippen LogP) is 0.753. The van der Waals surface area contributed by atoms with Crippen LogP contribution in [0, 0.1) is 5.92 Å². The summed E-state index contributed by atoms with van der Waals surface area (Å²) in [6, 6.07) is -0.526. The lowest BCUT2D eigenvalue weighted by Gasteiger charge is -2.20. The largest absolute Gasteiger partial charge is 0.465 e. The summed E-state index contributed by atoms with van der Waals surface area (Å²) in [6.45, 7) is 5.61. The predicted molar refractivity (Wildman–Crippen MR) is 53.9 cm³/mol. The quantitative estimate of drug-likeness (QED) is 0.644. The Balaban J connectivity index is 4.39. The third kappa shape index (κ3) is 3.46. The van der Waals surface area contributed by atoms with Crippen molar-refractivity contribution in [3.05, 3.63) is 0 Å². The van der Waals surface area contributed by atoms with Gasteiger partial charge in [-0.1, -0.05) is 13.8 Å². The topological polar surface area (TPSA) is 55.4 Å². The molecule has 0 rings (SSSR count). The average molecular weight is 201 g/mol. The van der Waals surface area contributed by atoms with E-state index in [9.17, 15) is 9.59 Å². The van der Waals surface area contributed by atoms with Crippen LogP contribution in [0.1, 0.15) is 27.2 Å². The molecule has 0 amide bonds. The molecule has 0 saturated heterocycles. The minimum absolute atomic E-state index is 0.0670. The number of carbonyl (C=O) groups is 2. The van der Waals surface area contributed by atoms with Gasteiger partial charge in [-0.05, 0) is 14.0 Å². The molecule has 0 aromatic heterocycles. The molecular weight excluding hydrogens is 182 g/mol. The Bertz CT molecular complexity index is 204. The first-order valence-electron chi connectivity index (χ1n) is 4.95. The van der Waals surface area contributed by atoms with Gasteiger partial charge in [0.1, 0.15) is 11.8 Å². The van der Waals surface area contributed by atoms with Gasteiger partial charge in [-0.25, -0.2) is 0 Å². The molecule has 0 unspecified atom stereocenters. The first kappa shape index (κ1) is 13.1. The Labute approximate surface area is 85.0 Å². The van der Waals surface area contributed by atoms with Gasteiger partial charge < -0.3 is 10.1 Å². The number of hydrogen-bond acceptors (Lipinski definition) is 4. The summed E-state index contributed by atoms with van der Waals surface area (Å²) in [5.41, 5.74) is 0. The molecule has 0 aliphatic carbocycles. The van der Waals surface area contributed by atoms with Crippen molar-refractivity contribution in [1.82, 2.24) is 5.32 Å². The van der Waals surface area contributed by atoms with Crippen molar-refractivity contribution in [2.75, 3.05) is 13.7 Å². The number of Topliss-reactive ketones (excluding diaryl/α,β-unsaturated/α-hetero) is 1. The number of carbonyl (C=O) groups excluding carboxylic acids is 2. The van der Waals surface area contributed by atoms with Crippen LogP contribution in [0.5, 0.6) is 0 Å². The second-order valence-electron chi connectivity index (χ2n) is 3.13. The summed E-state index contributed by atoms with van der Waals surface area (Å²) < 4.78 is 4.86. The van der Waals surface area contributed by atoms with Crippen molar-refractivity contribution in [1.29, 1.82) is 0 Å². The fraction of sp³-hybridized carbons (Fsp3) is 0.800. The van der Waals surface area contributed by atoms with E-state index in [-0.39, 0.29) is 17.7 Å². The highest BCUT2D eigenvalue weighted by Gasteiger charge is 2.28. The normalized spacial score (nSPS) is 14.6. The first-order valence-corrected chi connectivity index (χ1v) is 4.95. The molecule has 0 heterocycles. The van der Waals surface area contributed by atoms with E-state index in [0.717, 1.165) is 0 Å². The molecule has 0 spiro atoms. The number of nitrogens with one attached hydrogen (secondary N) is 1. The molecule has 0 fully saturated rings. The van der Waals surface area contributed by atoms with Crippen LogP contribution in [0.25, 0.3) is 0 Å². The van der Waals surface area contributed by atoms with Crippen LogP contribution in [-0.2, 0) is 14.3 Å². The zero-order valence-corrected chi connectivity index (χ0v) is 9.29. The Morgan fingerprint density at radius 3 is 2.29 bits per heavy atom. The van der Waals surface area contributed by atoms with Crippen LogP contribution in [0.4, 0.5) is 0 Å². The lowest BCUT2D eigenvalue weighted by atomic mass is 9.96. The van der Waals surface area contributed by atoms with Gasteiger partial charge in [0.15, 0.2) is 0 Å². The zero-order valence-electron chi connectivity index (χ0n) is 9.29. The fourth-order valence-electron chi connectivity index (χ4n) is 1.31. The molecule has 0 aliphatic heterocycles. The van der Waals surface area contributed by atoms with Gasteiger partial charge >= 0.3 is 5.97 Å². The molecule has 0 aliphatic rings. The third-order valence-corrected chi connectivity index (χ3v) is 2.21. The molecule has 82 valence electrons. The van der Waals surface area contributed by atoms with Crippen LogP contribution < -0.4 is 5.32 Å². The number of likely N-dealkylation sites (N-methyl/N-ethyl adjacent to an activating group) is 1. The highest BCUT2D eigenvalue weighted by atomic mass is 16.5. The zero-order chi connectivity index (χ0) is 11.1. The molecule has 0 aromatic carbocycles. The van der Waals surface area contributed by atoms with Crippen molar-refractivity contribution in [3.8, 4) is 0 Å². The summed E-state index contributed by atoms with van der Waals surface area (Å²) in [7, 11) is 1.65. The number of hydrogen-bond donors (Lipinski definition) is 1. The smallest absolute Gasteiger partial charge is 0.323 e. The van der Waals surface area contributed by atoms with E-state index in [2.05, 4.69) is 5.32 Å². The maximum Gasteiger partial charge on any atom is 0.323 e. The lowest BCUT2D eigenvalue weighted by Crippen LogP contribution is -2.43. The Morgan fingerprint density at radius 2 is 1.93 bits per heavy atom. The first-order chi connectivity index (χ1) is 6.58. The Hall–Kier alpha value is -0.900. The van der Waals surface area contributed by atoms with Gasteiger partial charge in [-0.2, -0.15) is 0 Å².